The summed E-state index contributed by atoms with van der Waals surface area (Å²) in [6.45, 7) is 10.3. The van der Waals surface area contributed by atoms with Crippen LogP contribution in [0.1, 0.15) is 51.7 Å². The minimum Gasteiger partial charge on any atom is -0.289 e. The average Bonchev–Trinajstić information content (AvgIpc) is 2.45. The van der Waals surface area contributed by atoms with Crippen molar-refractivity contribution in [3.8, 4) is 0 Å². The Bertz CT molecular complexity index is 583. The Kier molecular flexibility index (Phi) is 4.82. The predicted octanol–water partition coefficient (Wildman–Crippen LogP) is 5.35. The zero-order valence-corrected chi connectivity index (χ0v) is 13.9. The largest absolute Gasteiger partial charge is 0.289 e. The van der Waals surface area contributed by atoms with Crippen LogP contribution in [0.15, 0.2) is 41.0 Å². The van der Waals surface area contributed by atoms with Gasteiger partial charge in [0.25, 0.3) is 0 Å². The molecule has 1 nitrogen and oxygen atoms in total. The van der Waals surface area contributed by atoms with Crippen molar-refractivity contribution in [2.24, 2.45) is 11.8 Å². The fourth-order valence-electron chi connectivity index (χ4n) is 2.76. The summed E-state index contributed by atoms with van der Waals surface area (Å²) in [7, 11) is 0. The Morgan fingerprint density at radius 3 is 2.14 bits per heavy atom. The normalized spacial score (nSPS) is 21.7. The van der Waals surface area contributed by atoms with Crippen LogP contribution in [0.3, 0.4) is 0 Å². The molecule has 0 saturated heterocycles. The quantitative estimate of drug-likeness (QED) is 0.680. The van der Waals surface area contributed by atoms with Gasteiger partial charge in [-0.3, -0.25) is 4.79 Å². The van der Waals surface area contributed by atoms with Crippen LogP contribution in [-0.2, 0) is 4.79 Å². The van der Waals surface area contributed by atoms with E-state index in [0.29, 0.717) is 11.8 Å². The van der Waals surface area contributed by atoms with Crippen LogP contribution in [-0.4, -0.2) is 5.78 Å². The van der Waals surface area contributed by atoms with Crippen LogP contribution < -0.4 is 0 Å². The van der Waals surface area contributed by atoms with Crippen LogP contribution in [0, 0.1) is 18.8 Å². The third kappa shape index (κ3) is 3.53. The molecule has 1 saturated carbocycles. The topological polar surface area (TPSA) is 17.1 Å². The van der Waals surface area contributed by atoms with Crippen LogP contribution in [0.2, 0.25) is 0 Å². The molecule has 1 aliphatic rings. The molecule has 0 bridgehead atoms. The molecule has 0 amide bonds. The molecule has 0 spiro atoms. The summed E-state index contributed by atoms with van der Waals surface area (Å²) in [5.74, 6) is 1.27. The maximum absolute atomic E-state index is 12.8. The Morgan fingerprint density at radius 1 is 1.10 bits per heavy atom. The number of aryl methyl sites for hydroxylation is 1. The van der Waals surface area contributed by atoms with Crippen molar-refractivity contribution in [3.63, 3.8) is 0 Å². The number of allylic oxidation sites excluding steroid dienone is 3. The van der Waals surface area contributed by atoms with Crippen LogP contribution in [0.4, 0.5) is 0 Å². The number of hydrogen-bond acceptors (Lipinski definition) is 1. The maximum Gasteiger partial charge on any atom is 0.184 e. The number of carbonyl (C=O) groups is 1. The predicted molar refractivity (Wildman–Crippen MR) is 90.1 cm³/mol. The van der Waals surface area contributed by atoms with E-state index in [1.807, 2.05) is 20.8 Å². The second-order valence-electron chi connectivity index (χ2n) is 6.63. The highest BCUT2D eigenvalue weighted by atomic mass is 16.1. The van der Waals surface area contributed by atoms with E-state index < -0.39 is 0 Å². The summed E-state index contributed by atoms with van der Waals surface area (Å²) in [5, 5.41) is 0. The molecular formula is C20H26O. The second-order valence-corrected chi connectivity index (χ2v) is 6.63. The zero-order valence-electron chi connectivity index (χ0n) is 13.9. The van der Waals surface area contributed by atoms with Crippen molar-refractivity contribution < 1.29 is 4.79 Å². The van der Waals surface area contributed by atoms with E-state index in [1.54, 1.807) is 0 Å². The molecule has 1 fully saturated rings. The maximum atomic E-state index is 12.8. The molecule has 112 valence electrons. The van der Waals surface area contributed by atoms with Crippen LogP contribution in [0.25, 0.3) is 6.08 Å². The molecule has 21 heavy (non-hydrogen) atoms. The number of hydrogen-bond donors (Lipinski definition) is 0. The standard InChI is InChI=1S/C20H26O/c1-13(2)16(5)20(21)19(18-11-8-15(18)4)12-17-9-6-14(3)7-10-17/h6-7,9-10,12,15,18H,8,11H2,1-5H3/b19-12-. The van der Waals surface area contributed by atoms with Gasteiger partial charge in [0, 0.05) is 5.57 Å². The molecule has 1 aliphatic carbocycles. The first kappa shape index (κ1) is 15.8. The van der Waals surface area contributed by atoms with Gasteiger partial charge in [0.05, 0.1) is 0 Å². The molecule has 0 aromatic heterocycles. The van der Waals surface area contributed by atoms with Gasteiger partial charge in [-0.05, 0) is 69.6 Å². The Balaban J connectivity index is 2.39. The Hall–Kier alpha value is -1.63. The van der Waals surface area contributed by atoms with Crippen molar-refractivity contribution in [1.29, 1.82) is 0 Å². The minimum absolute atomic E-state index is 0.229. The summed E-state index contributed by atoms with van der Waals surface area (Å²) in [6, 6.07) is 8.41. The first-order valence-corrected chi connectivity index (χ1v) is 7.87. The Labute approximate surface area is 128 Å². The van der Waals surface area contributed by atoms with E-state index in [9.17, 15) is 4.79 Å². The summed E-state index contributed by atoms with van der Waals surface area (Å²) in [6.07, 6.45) is 4.48. The number of rotatable bonds is 4. The molecule has 0 heterocycles. The highest BCUT2D eigenvalue weighted by Gasteiger charge is 2.33. The van der Waals surface area contributed by atoms with Gasteiger partial charge in [-0.1, -0.05) is 42.3 Å². The SMILES string of the molecule is CC(C)=C(C)C(=O)/C(=C\c1ccc(C)cc1)C1CCC1C. The molecule has 1 heteroatoms. The van der Waals surface area contributed by atoms with E-state index in [1.165, 1.54) is 12.0 Å². The summed E-state index contributed by atoms with van der Waals surface area (Å²) in [4.78, 5) is 12.8. The van der Waals surface area contributed by atoms with E-state index in [4.69, 9.17) is 0 Å². The van der Waals surface area contributed by atoms with Gasteiger partial charge in [0.15, 0.2) is 5.78 Å². The van der Waals surface area contributed by atoms with Gasteiger partial charge >= 0.3 is 0 Å². The summed E-state index contributed by atoms with van der Waals surface area (Å²) < 4.78 is 0. The lowest BCUT2D eigenvalue weighted by Gasteiger charge is -2.35. The van der Waals surface area contributed by atoms with Gasteiger partial charge in [-0.25, -0.2) is 0 Å². The zero-order chi connectivity index (χ0) is 15.6. The number of carbonyl (C=O) groups excluding carboxylic acids is 1. The van der Waals surface area contributed by atoms with Gasteiger partial charge in [0.1, 0.15) is 0 Å². The summed E-state index contributed by atoms with van der Waals surface area (Å²) >= 11 is 0. The van der Waals surface area contributed by atoms with Crippen molar-refractivity contribution in [3.05, 3.63) is 52.1 Å². The van der Waals surface area contributed by atoms with Crippen molar-refractivity contribution >= 4 is 11.9 Å². The molecule has 0 aliphatic heterocycles. The molecule has 1 aromatic carbocycles. The third-order valence-corrected chi connectivity index (χ3v) is 4.77. The average molecular weight is 282 g/mol. The first-order chi connectivity index (χ1) is 9.90. The van der Waals surface area contributed by atoms with Gasteiger partial charge in [-0.2, -0.15) is 0 Å². The third-order valence-electron chi connectivity index (χ3n) is 4.77. The number of benzene rings is 1. The molecule has 1 aromatic rings. The molecule has 0 N–H and O–H groups in total. The molecule has 2 atom stereocenters. The van der Waals surface area contributed by atoms with Crippen molar-refractivity contribution in [1.82, 2.24) is 0 Å². The monoisotopic (exact) mass is 282 g/mol. The smallest absolute Gasteiger partial charge is 0.184 e. The highest BCUT2D eigenvalue weighted by molar-refractivity contribution is 6.11. The lowest BCUT2D eigenvalue weighted by molar-refractivity contribution is -0.113. The molecular weight excluding hydrogens is 256 g/mol. The summed E-state index contributed by atoms with van der Waals surface area (Å²) in [5.41, 5.74) is 5.38. The second kappa shape index (κ2) is 6.43. The van der Waals surface area contributed by atoms with Gasteiger partial charge in [0.2, 0.25) is 0 Å². The number of ketones is 1. The van der Waals surface area contributed by atoms with Gasteiger partial charge in [-0.15, -0.1) is 0 Å². The van der Waals surface area contributed by atoms with Crippen molar-refractivity contribution in [2.75, 3.05) is 0 Å². The van der Waals surface area contributed by atoms with Crippen LogP contribution in [0.5, 0.6) is 0 Å². The lowest BCUT2D eigenvalue weighted by atomic mass is 9.68. The molecule has 0 radical (unpaired) electrons. The lowest BCUT2D eigenvalue weighted by Crippen LogP contribution is -2.28. The van der Waals surface area contributed by atoms with Gasteiger partial charge < -0.3 is 0 Å². The van der Waals surface area contributed by atoms with E-state index in [-0.39, 0.29) is 5.78 Å². The fourth-order valence-corrected chi connectivity index (χ4v) is 2.76. The first-order valence-electron chi connectivity index (χ1n) is 7.87. The van der Waals surface area contributed by atoms with E-state index >= 15 is 0 Å². The molecule has 2 unspecified atom stereocenters. The van der Waals surface area contributed by atoms with Crippen LogP contribution >= 0.6 is 0 Å². The van der Waals surface area contributed by atoms with E-state index in [0.717, 1.165) is 28.7 Å². The van der Waals surface area contributed by atoms with E-state index in [2.05, 4.69) is 44.2 Å². The highest BCUT2D eigenvalue weighted by Crippen LogP contribution is 2.41. The fraction of sp³-hybridized carbons (Fsp3) is 0.450. The Morgan fingerprint density at radius 2 is 1.71 bits per heavy atom. The minimum atomic E-state index is 0.229. The molecule has 2 rings (SSSR count). The van der Waals surface area contributed by atoms with Crippen molar-refractivity contribution in [2.45, 2.75) is 47.5 Å². The number of Topliss-reactive ketones (excluding diaryl/α,β-unsaturated/α-hetero) is 1.